The normalized spacial score (nSPS) is 15.4. The zero-order chi connectivity index (χ0) is 20.4. The highest BCUT2D eigenvalue weighted by atomic mass is 16.5. The topological polar surface area (TPSA) is 101 Å². The second kappa shape index (κ2) is 7.67. The van der Waals surface area contributed by atoms with Crippen molar-refractivity contribution in [2.75, 3.05) is 17.2 Å². The van der Waals surface area contributed by atoms with Gasteiger partial charge in [-0.1, -0.05) is 24.3 Å². The zero-order valence-corrected chi connectivity index (χ0v) is 16.1. The van der Waals surface area contributed by atoms with E-state index in [2.05, 4.69) is 20.7 Å². The molecular weight excluding hydrogens is 370 g/mol. The van der Waals surface area contributed by atoms with Gasteiger partial charge in [0.15, 0.2) is 0 Å². The number of amides is 1. The number of fused-ring (bicyclic) bond motifs is 1. The molecule has 8 heteroatoms. The van der Waals surface area contributed by atoms with E-state index in [0.29, 0.717) is 35.3 Å². The van der Waals surface area contributed by atoms with Crippen LogP contribution in [-0.4, -0.2) is 32.4 Å². The standard InChI is InChI=1S/C21H21N5O3/c1-3-29-17-7-5-4-6-16(17)25-20(28)18-13(2)24-21-22-12-23-26(21)19(18)14-8-10-15(27)11-9-14/h4-12,19,27H,3H2,1-2H3,(H,25,28)(H,22,23,24)/t19-/m0/s1. The van der Waals surface area contributed by atoms with Crippen LogP contribution in [0.3, 0.4) is 0 Å². The van der Waals surface area contributed by atoms with Crippen molar-refractivity contribution in [2.45, 2.75) is 19.9 Å². The minimum atomic E-state index is -0.492. The third-order valence-corrected chi connectivity index (χ3v) is 4.68. The smallest absolute Gasteiger partial charge is 0.255 e. The van der Waals surface area contributed by atoms with E-state index in [1.807, 2.05) is 32.0 Å². The number of benzene rings is 2. The summed E-state index contributed by atoms with van der Waals surface area (Å²) >= 11 is 0. The van der Waals surface area contributed by atoms with Crippen molar-refractivity contribution in [3.8, 4) is 11.5 Å². The Kier molecular flexibility index (Phi) is 4.90. The molecule has 2 aromatic carbocycles. The monoisotopic (exact) mass is 391 g/mol. The number of anilines is 2. The van der Waals surface area contributed by atoms with Crippen molar-refractivity contribution in [3.05, 3.63) is 71.7 Å². The second-order valence-corrected chi connectivity index (χ2v) is 6.57. The maximum Gasteiger partial charge on any atom is 0.255 e. The average Bonchev–Trinajstić information content (AvgIpc) is 3.17. The molecule has 0 fully saturated rings. The molecule has 0 radical (unpaired) electrons. The molecule has 1 atom stereocenters. The number of para-hydroxylation sites is 2. The number of carbonyl (C=O) groups excluding carboxylic acids is 1. The van der Waals surface area contributed by atoms with Crippen LogP contribution in [0.1, 0.15) is 25.5 Å². The lowest BCUT2D eigenvalue weighted by Gasteiger charge is -2.29. The van der Waals surface area contributed by atoms with Crippen LogP contribution in [0.25, 0.3) is 0 Å². The van der Waals surface area contributed by atoms with Crippen LogP contribution in [0.2, 0.25) is 0 Å². The molecule has 0 saturated heterocycles. The lowest BCUT2D eigenvalue weighted by atomic mass is 9.95. The van der Waals surface area contributed by atoms with Gasteiger partial charge < -0.3 is 20.5 Å². The first-order chi connectivity index (χ1) is 14.1. The largest absolute Gasteiger partial charge is 0.508 e. The van der Waals surface area contributed by atoms with Gasteiger partial charge in [-0.05, 0) is 43.7 Å². The van der Waals surface area contributed by atoms with Crippen molar-refractivity contribution in [2.24, 2.45) is 0 Å². The Morgan fingerprint density at radius 3 is 2.76 bits per heavy atom. The minimum Gasteiger partial charge on any atom is -0.508 e. The third kappa shape index (κ3) is 3.52. The summed E-state index contributed by atoms with van der Waals surface area (Å²) in [5.41, 5.74) is 2.57. The Balaban J connectivity index is 1.74. The molecule has 0 unspecified atom stereocenters. The van der Waals surface area contributed by atoms with Gasteiger partial charge in [-0.3, -0.25) is 4.79 Å². The predicted molar refractivity (Wildman–Crippen MR) is 109 cm³/mol. The van der Waals surface area contributed by atoms with Crippen molar-refractivity contribution >= 4 is 17.5 Å². The summed E-state index contributed by atoms with van der Waals surface area (Å²) in [6.07, 6.45) is 1.44. The number of hydrogen-bond donors (Lipinski definition) is 3. The fraction of sp³-hybridized carbons (Fsp3) is 0.190. The molecule has 1 aliphatic rings. The number of hydrogen-bond acceptors (Lipinski definition) is 6. The number of allylic oxidation sites excluding steroid dienone is 1. The molecular formula is C21H21N5O3. The first-order valence-corrected chi connectivity index (χ1v) is 9.28. The SMILES string of the molecule is CCOc1ccccc1NC(=O)C1=C(C)Nc2ncnn2[C@H]1c1ccc(O)cc1. The summed E-state index contributed by atoms with van der Waals surface area (Å²) in [6, 6.07) is 13.5. The molecule has 148 valence electrons. The van der Waals surface area contributed by atoms with E-state index in [0.717, 1.165) is 5.56 Å². The number of aromatic nitrogens is 3. The van der Waals surface area contributed by atoms with Gasteiger partial charge >= 0.3 is 0 Å². The Hall–Kier alpha value is -3.81. The van der Waals surface area contributed by atoms with Crippen molar-refractivity contribution in [1.82, 2.24) is 14.8 Å². The molecule has 29 heavy (non-hydrogen) atoms. The molecule has 3 N–H and O–H groups in total. The van der Waals surface area contributed by atoms with E-state index in [-0.39, 0.29) is 11.7 Å². The summed E-state index contributed by atoms with van der Waals surface area (Å²) in [5, 5.41) is 20.1. The van der Waals surface area contributed by atoms with Crippen LogP contribution < -0.4 is 15.4 Å². The first-order valence-electron chi connectivity index (χ1n) is 9.28. The highest BCUT2D eigenvalue weighted by Crippen LogP contribution is 2.36. The first kappa shape index (κ1) is 18.5. The summed E-state index contributed by atoms with van der Waals surface area (Å²) in [7, 11) is 0. The molecule has 1 amide bonds. The molecule has 3 aromatic rings. The fourth-order valence-corrected chi connectivity index (χ4v) is 3.39. The van der Waals surface area contributed by atoms with Gasteiger partial charge in [-0.15, -0.1) is 0 Å². The Morgan fingerprint density at radius 1 is 1.24 bits per heavy atom. The third-order valence-electron chi connectivity index (χ3n) is 4.68. The molecule has 4 rings (SSSR count). The Labute approximate surface area is 167 Å². The molecule has 0 aliphatic carbocycles. The minimum absolute atomic E-state index is 0.152. The maximum atomic E-state index is 13.3. The lowest BCUT2D eigenvalue weighted by molar-refractivity contribution is -0.113. The van der Waals surface area contributed by atoms with Crippen molar-refractivity contribution in [3.63, 3.8) is 0 Å². The van der Waals surface area contributed by atoms with Crippen molar-refractivity contribution in [1.29, 1.82) is 0 Å². The van der Waals surface area contributed by atoms with E-state index in [1.54, 1.807) is 35.0 Å². The number of carbonyl (C=O) groups is 1. The Bertz CT molecular complexity index is 1070. The molecule has 0 saturated carbocycles. The summed E-state index contributed by atoms with van der Waals surface area (Å²) in [6.45, 7) is 4.22. The van der Waals surface area contributed by atoms with Gasteiger partial charge in [0, 0.05) is 5.70 Å². The van der Waals surface area contributed by atoms with E-state index < -0.39 is 6.04 Å². The van der Waals surface area contributed by atoms with Crippen LogP contribution in [-0.2, 0) is 4.79 Å². The van der Waals surface area contributed by atoms with Crippen LogP contribution in [0, 0.1) is 0 Å². The molecule has 0 spiro atoms. The van der Waals surface area contributed by atoms with Gasteiger partial charge in [0.25, 0.3) is 5.91 Å². The molecule has 8 nitrogen and oxygen atoms in total. The van der Waals surface area contributed by atoms with Gasteiger partial charge in [-0.25, -0.2) is 4.68 Å². The molecule has 1 aliphatic heterocycles. The highest BCUT2D eigenvalue weighted by Gasteiger charge is 2.33. The van der Waals surface area contributed by atoms with Crippen LogP contribution in [0.15, 0.2) is 66.1 Å². The maximum absolute atomic E-state index is 13.3. The van der Waals surface area contributed by atoms with E-state index >= 15 is 0 Å². The van der Waals surface area contributed by atoms with Gasteiger partial charge in [0.2, 0.25) is 5.95 Å². The number of phenolic OH excluding ortho intramolecular Hbond substituents is 1. The second-order valence-electron chi connectivity index (χ2n) is 6.57. The zero-order valence-electron chi connectivity index (χ0n) is 16.1. The van der Waals surface area contributed by atoms with Crippen LogP contribution in [0.4, 0.5) is 11.6 Å². The predicted octanol–water partition coefficient (Wildman–Crippen LogP) is 3.31. The van der Waals surface area contributed by atoms with Gasteiger partial charge in [-0.2, -0.15) is 10.1 Å². The van der Waals surface area contributed by atoms with E-state index in [9.17, 15) is 9.90 Å². The fourth-order valence-electron chi connectivity index (χ4n) is 3.39. The summed E-state index contributed by atoms with van der Waals surface area (Å²) in [5.74, 6) is 1.03. The molecule has 1 aromatic heterocycles. The van der Waals surface area contributed by atoms with Gasteiger partial charge in [0.1, 0.15) is 23.9 Å². The lowest BCUT2D eigenvalue weighted by Crippen LogP contribution is -2.31. The summed E-state index contributed by atoms with van der Waals surface area (Å²) < 4.78 is 7.27. The van der Waals surface area contributed by atoms with Crippen molar-refractivity contribution < 1.29 is 14.6 Å². The van der Waals surface area contributed by atoms with E-state index in [4.69, 9.17) is 4.74 Å². The number of nitrogens with one attached hydrogen (secondary N) is 2. The number of ether oxygens (including phenoxy) is 1. The number of rotatable bonds is 5. The van der Waals surface area contributed by atoms with Crippen LogP contribution in [0.5, 0.6) is 11.5 Å². The number of aromatic hydroxyl groups is 1. The average molecular weight is 391 g/mol. The van der Waals surface area contributed by atoms with Gasteiger partial charge in [0.05, 0.1) is 17.9 Å². The molecule has 2 heterocycles. The number of nitrogens with zero attached hydrogens (tertiary/aromatic N) is 3. The summed E-state index contributed by atoms with van der Waals surface area (Å²) in [4.78, 5) is 17.6. The Morgan fingerprint density at radius 2 is 2.00 bits per heavy atom. The van der Waals surface area contributed by atoms with E-state index in [1.165, 1.54) is 6.33 Å². The number of phenols is 1. The van der Waals surface area contributed by atoms with Crippen LogP contribution >= 0.6 is 0 Å². The quantitative estimate of drug-likeness (QED) is 0.617. The molecule has 0 bridgehead atoms. The highest BCUT2D eigenvalue weighted by molar-refractivity contribution is 6.06.